The average Bonchev–Trinajstić information content (AvgIpc) is 2.95. The molecule has 0 heterocycles. The van der Waals surface area contributed by atoms with Gasteiger partial charge >= 0.3 is 0 Å². The second kappa shape index (κ2) is 5.31. The monoisotopic (exact) mass is 327 g/mol. The van der Waals surface area contributed by atoms with E-state index >= 15 is 0 Å². The molecule has 3 nitrogen and oxygen atoms in total. The van der Waals surface area contributed by atoms with E-state index in [1.165, 1.54) is 12.1 Å². The van der Waals surface area contributed by atoms with E-state index in [9.17, 15) is 21.6 Å². The summed E-state index contributed by atoms with van der Waals surface area (Å²) in [6.45, 7) is 0. The third-order valence-electron chi connectivity index (χ3n) is 3.66. The van der Waals surface area contributed by atoms with Gasteiger partial charge in [0, 0.05) is 0 Å². The van der Waals surface area contributed by atoms with Crippen LogP contribution in [0.2, 0.25) is 0 Å². The molecule has 0 amide bonds. The van der Waals surface area contributed by atoms with Gasteiger partial charge in [0.05, 0.1) is 10.6 Å². The summed E-state index contributed by atoms with van der Waals surface area (Å²) in [6, 6.07) is 6.18. The molecule has 0 aliphatic heterocycles. The highest BCUT2D eigenvalue weighted by Crippen LogP contribution is 2.27. The van der Waals surface area contributed by atoms with Crippen LogP contribution in [0.5, 0.6) is 0 Å². The zero-order valence-corrected chi connectivity index (χ0v) is 12.2. The van der Waals surface area contributed by atoms with Crippen LogP contribution in [0, 0.1) is 17.5 Å². The number of halogens is 3. The van der Waals surface area contributed by atoms with Crippen molar-refractivity contribution in [3.63, 3.8) is 0 Å². The minimum absolute atomic E-state index is 0.0303. The van der Waals surface area contributed by atoms with E-state index in [4.69, 9.17) is 0 Å². The summed E-state index contributed by atoms with van der Waals surface area (Å²) in [4.78, 5) is -0.0303. The Bertz CT molecular complexity index is 850. The molecule has 7 heteroatoms. The summed E-state index contributed by atoms with van der Waals surface area (Å²) in [5.41, 5.74) is 1.41. The lowest BCUT2D eigenvalue weighted by Crippen LogP contribution is -2.15. The van der Waals surface area contributed by atoms with Gasteiger partial charge < -0.3 is 0 Å². The van der Waals surface area contributed by atoms with Crippen molar-refractivity contribution < 1.29 is 21.6 Å². The molecule has 116 valence electrons. The Morgan fingerprint density at radius 1 is 0.909 bits per heavy atom. The Balaban J connectivity index is 1.96. The van der Waals surface area contributed by atoms with E-state index in [0.717, 1.165) is 36.5 Å². The van der Waals surface area contributed by atoms with Gasteiger partial charge in [0.2, 0.25) is 0 Å². The molecule has 0 unspecified atom stereocenters. The van der Waals surface area contributed by atoms with Crippen LogP contribution in [0.25, 0.3) is 0 Å². The summed E-state index contributed by atoms with van der Waals surface area (Å²) in [6.07, 6.45) is 2.66. The Morgan fingerprint density at radius 3 is 2.41 bits per heavy atom. The average molecular weight is 327 g/mol. The molecule has 0 radical (unpaired) electrons. The Kier molecular flexibility index (Phi) is 3.60. The van der Waals surface area contributed by atoms with Crippen LogP contribution in [0.1, 0.15) is 17.5 Å². The van der Waals surface area contributed by atoms with Crippen LogP contribution in [0.4, 0.5) is 18.9 Å². The van der Waals surface area contributed by atoms with Gasteiger partial charge in [0.15, 0.2) is 17.5 Å². The van der Waals surface area contributed by atoms with Gasteiger partial charge in [-0.3, -0.25) is 4.72 Å². The molecular formula is C15H12F3NO2S. The first-order chi connectivity index (χ1) is 10.4. The highest BCUT2D eigenvalue weighted by Gasteiger charge is 2.21. The smallest absolute Gasteiger partial charge is 0.261 e. The Morgan fingerprint density at radius 2 is 1.64 bits per heavy atom. The SMILES string of the molecule is O=S(=O)(Nc1ccc(F)c(F)c1F)c1ccc2c(c1)CCC2. The van der Waals surface area contributed by atoms with Crippen LogP contribution in [-0.4, -0.2) is 8.42 Å². The lowest BCUT2D eigenvalue weighted by Gasteiger charge is -2.11. The zero-order chi connectivity index (χ0) is 15.9. The van der Waals surface area contributed by atoms with Crippen molar-refractivity contribution in [2.75, 3.05) is 4.72 Å². The minimum Gasteiger partial charge on any atom is -0.277 e. The zero-order valence-electron chi connectivity index (χ0n) is 11.4. The van der Waals surface area contributed by atoms with Crippen molar-refractivity contribution in [1.82, 2.24) is 0 Å². The number of sulfonamides is 1. The predicted octanol–water partition coefficient (Wildman–Crippen LogP) is 3.39. The molecule has 2 aromatic rings. The van der Waals surface area contributed by atoms with Crippen LogP contribution < -0.4 is 4.72 Å². The number of aryl methyl sites for hydroxylation is 2. The van der Waals surface area contributed by atoms with Crippen molar-refractivity contribution in [3.8, 4) is 0 Å². The van der Waals surface area contributed by atoms with Gasteiger partial charge in [-0.05, 0) is 54.7 Å². The number of hydrogen-bond donors (Lipinski definition) is 1. The molecule has 0 fully saturated rings. The summed E-state index contributed by atoms with van der Waals surface area (Å²) in [7, 11) is -4.07. The first-order valence-electron chi connectivity index (χ1n) is 6.66. The molecule has 2 aromatic carbocycles. The molecule has 0 saturated heterocycles. The first kappa shape index (κ1) is 14.9. The fourth-order valence-electron chi connectivity index (χ4n) is 2.52. The van der Waals surface area contributed by atoms with Gasteiger partial charge in [-0.25, -0.2) is 21.6 Å². The van der Waals surface area contributed by atoms with E-state index in [2.05, 4.69) is 0 Å². The maximum absolute atomic E-state index is 13.6. The van der Waals surface area contributed by atoms with Crippen LogP contribution in [0.15, 0.2) is 35.2 Å². The highest BCUT2D eigenvalue weighted by atomic mass is 32.2. The highest BCUT2D eigenvalue weighted by molar-refractivity contribution is 7.92. The largest absolute Gasteiger partial charge is 0.277 e. The van der Waals surface area contributed by atoms with Crippen molar-refractivity contribution in [1.29, 1.82) is 0 Å². The Labute approximate surface area is 125 Å². The maximum Gasteiger partial charge on any atom is 0.261 e. The number of nitrogens with one attached hydrogen (secondary N) is 1. The van der Waals surface area contributed by atoms with Gasteiger partial charge in [0.25, 0.3) is 10.0 Å². The van der Waals surface area contributed by atoms with E-state index in [1.807, 2.05) is 4.72 Å². The van der Waals surface area contributed by atoms with E-state index in [-0.39, 0.29) is 4.90 Å². The lowest BCUT2D eigenvalue weighted by molar-refractivity contribution is 0.449. The number of rotatable bonds is 3. The quantitative estimate of drug-likeness (QED) is 0.878. The topological polar surface area (TPSA) is 46.2 Å². The van der Waals surface area contributed by atoms with Crippen molar-refractivity contribution in [2.24, 2.45) is 0 Å². The molecule has 0 bridgehead atoms. The predicted molar refractivity (Wildman–Crippen MR) is 75.6 cm³/mol. The summed E-state index contributed by atoms with van der Waals surface area (Å²) >= 11 is 0. The lowest BCUT2D eigenvalue weighted by atomic mass is 10.1. The van der Waals surface area contributed by atoms with Gasteiger partial charge in [-0.2, -0.15) is 0 Å². The Hall–Kier alpha value is -2.02. The van der Waals surface area contributed by atoms with Crippen LogP contribution in [0.3, 0.4) is 0 Å². The first-order valence-corrected chi connectivity index (χ1v) is 8.15. The summed E-state index contributed by atoms with van der Waals surface area (Å²) in [5, 5.41) is 0. The molecule has 22 heavy (non-hydrogen) atoms. The van der Waals surface area contributed by atoms with Crippen LogP contribution >= 0.6 is 0 Å². The third-order valence-corrected chi connectivity index (χ3v) is 5.02. The molecule has 1 aliphatic carbocycles. The van der Waals surface area contributed by atoms with Gasteiger partial charge in [-0.15, -0.1) is 0 Å². The summed E-state index contributed by atoms with van der Waals surface area (Å²) < 4.78 is 66.1. The van der Waals surface area contributed by atoms with E-state index in [0.29, 0.717) is 6.07 Å². The van der Waals surface area contributed by atoms with Gasteiger partial charge in [-0.1, -0.05) is 6.07 Å². The standard InChI is InChI=1S/C15H12F3NO2S/c16-12-6-7-13(15(18)14(12)17)19-22(20,21)11-5-4-9-2-1-3-10(9)8-11/h4-8,19H,1-3H2. The van der Waals surface area contributed by atoms with Crippen molar-refractivity contribution >= 4 is 15.7 Å². The maximum atomic E-state index is 13.6. The second-order valence-corrected chi connectivity index (χ2v) is 6.79. The van der Waals surface area contributed by atoms with Crippen molar-refractivity contribution in [3.05, 3.63) is 58.9 Å². The molecule has 1 aliphatic rings. The molecular weight excluding hydrogens is 315 g/mol. The number of benzene rings is 2. The normalized spacial score (nSPS) is 14.0. The molecule has 3 rings (SSSR count). The van der Waals surface area contributed by atoms with E-state index in [1.54, 1.807) is 6.07 Å². The number of fused-ring (bicyclic) bond motifs is 1. The molecule has 0 aromatic heterocycles. The number of hydrogen-bond acceptors (Lipinski definition) is 2. The fourth-order valence-corrected chi connectivity index (χ4v) is 3.63. The van der Waals surface area contributed by atoms with Crippen molar-refractivity contribution in [2.45, 2.75) is 24.2 Å². The molecule has 0 atom stereocenters. The molecule has 0 saturated carbocycles. The minimum atomic E-state index is -4.07. The van der Waals surface area contributed by atoms with Crippen LogP contribution in [-0.2, 0) is 22.9 Å². The molecule has 1 N–H and O–H groups in total. The fraction of sp³-hybridized carbons (Fsp3) is 0.200. The summed E-state index contributed by atoms with van der Waals surface area (Å²) in [5.74, 6) is -4.66. The molecule has 0 spiro atoms. The third kappa shape index (κ3) is 2.56. The van der Waals surface area contributed by atoms with E-state index < -0.39 is 33.2 Å². The van der Waals surface area contributed by atoms with Gasteiger partial charge in [0.1, 0.15) is 0 Å². The second-order valence-electron chi connectivity index (χ2n) is 5.11. The number of anilines is 1.